The Morgan fingerprint density at radius 3 is 2.33 bits per heavy atom. The molecule has 0 bridgehead atoms. The fourth-order valence-corrected chi connectivity index (χ4v) is 4.84. The van der Waals surface area contributed by atoms with Crippen molar-refractivity contribution in [3.63, 3.8) is 0 Å². The number of nitrogens with one attached hydrogen (secondary N) is 1. The van der Waals surface area contributed by atoms with Crippen molar-refractivity contribution >= 4 is 21.6 Å². The molecule has 2 heterocycles. The second-order valence-corrected chi connectivity index (χ2v) is 8.91. The third kappa shape index (κ3) is 4.22. The van der Waals surface area contributed by atoms with E-state index in [0.717, 1.165) is 35.5 Å². The lowest BCUT2D eigenvalue weighted by molar-refractivity contribution is -0.116. The average Bonchev–Trinajstić information content (AvgIpc) is 3.26. The molecule has 27 heavy (non-hydrogen) atoms. The van der Waals surface area contributed by atoms with Crippen molar-refractivity contribution in [2.24, 2.45) is 7.05 Å². The molecule has 3 rings (SSSR count). The first-order valence-electron chi connectivity index (χ1n) is 9.18. The van der Waals surface area contributed by atoms with Gasteiger partial charge in [-0.05, 0) is 50.8 Å². The molecule has 1 amide bonds. The number of carbonyl (C=O) groups excluding carboxylic acids is 1. The number of amides is 1. The summed E-state index contributed by atoms with van der Waals surface area (Å²) in [5.74, 6) is -0.0806. The van der Waals surface area contributed by atoms with E-state index in [1.165, 1.54) is 4.31 Å². The lowest BCUT2D eigenvalue weighted by Gasteiger charge is -2.15. The Morgan fingerprint density at radius 1 is 1.15 bits per heavy atom. The van der Waals surface area contributed by atoms with Gasteiger partial charge in [-0.15, -0.1) is 0 Å². The highest BCUT2D eigenvalue weighted by molar-refractivity contribution is 7.89. The van der Waals surface area contributed by atoms with Gasteiger partial charge < -0.3 is 5.32 Å². The van der Waals surface area contributed by atoms with Gasteiger partial charge in [0.1, 0.15) is 0 Å². The second-order valence-electron chi connectivity index (χ2n) is 6.97. The van der Waals surface area contributed by atoms with Gasteiger partial charge in [0.15, 0.2) is 0 Å². The van der Waals surface area contributed by atoms with E-state index in [2.05, 4.69) is 10.4 Å². The zero-order chi connectivity index (χ0) is 19.6. The Morgan fingerprint density at radius 2 is 1.78 bits per heavy atom. The van der Waals surface area contributed by atoms with Gasteiger partial charge in [0.25, 0.3) is 0 Å². The molecule has 1 N–H and O–H groups in total. The minimum Gasteiger partial charge on any atom is -0.323 e. The number of hydrogen-bond donors (Lipinski definition) is 1. The number of carbonyl (C=O) groups is 1. The minimum atomic E-state index is -3.39. The van der Waals surface area contributed by atoms with Gasteiger partial charge in [0.05, 0.1) is 22.0 Å². The molecule has 0 unspecified atom stereocenters. The van der Waals surface area contributed by atoms with E-state index < -0.39 is 10.0 Å². The highest BCUT2D eigenvalue weighted by Gasteiger charge is 2.26. The van der Waals surface area contributed by atoms with Crippen molar-refractivity contribution in [1.82, 2.24) is 14.1 Å². The molecular weight excluding hydrogens is 364 g/mol. The van der Waals surface area contributed by atoms with Crippen molar-refractivity contribution < 1.29 is 13.2 Å². The normalized spacial score (nSPS) is 15.2. The maximum atomic E-state index is 12.5. The fourth-order valence-electron chi connectivity index (χ4n) is 3.32. The monoisotopic (exact) mass is 390 g/mol. The van der Waals surface area contributed by atoms with Crippen LogP contribution >= 0.6 is 0 Å². The topological polar surface area (TPSA) is 84.3 Å². The number of hydrogen-bond acceptors (Lipinski definition) is 4. The van der Waals surface area contributed by atoms with Crippen molar-refractivity contribution in [2.45, 2.75) is 44.4 Å². The highest BCUT2D eigenvalue weighted by atomic mass is 32.2. The molecule has 1 aliphatic rings. The van der Waals surface area contributed by atoms with E-state index in [4.69, 9.17) is 0 Å². The van der Waals surface area contributed by atoms with Crippen LogP contribution in [-0.2, 0) is 28.3 Å². The van der Waals surface area contributed by atoms with Crippen LogP contribution in [0, 0.1) is 13.8 Å². The van der Waals surface area contributed by atoms with Gasteiger partial charge in [-0.1, -0.05) is 12.1 Å². The molecule has 1 aromatic heterocycles. The summed E-state index contributed by atoms with van der Waals surface area (Å²) in [6, 6.07) is 6.85. The van der Waals surface area contributed by atoms with Crippen LogP contribution < -0.4 is 5.32 Å². The third-order valence-electron chi connectivity index (χ3n) is 5.04. The number of aryl methyl sites for hydroxylation is 3. The van der Waals surface area contributed by atoms with Crippen molar-refractivity contribution in [2.75, 3.05) is 18.4 Å². The number of aromatic nitrogens is 2. The molecule has 8 heteroatoms. The Labute approximate surface area is 160 Å². The van der Waals surface area contributed by atoms with Gasteiger partial charge in [-0.2, -0.15) is 9.40 Å². The van der Waals surface area contributed by atoms with E-state index in [1.807, 2.05) is 20.9 Å². The summed E-state index contributed by atoms with van der Waals surface area (Å²) in [7, 11) is -1.55. The summed E-state index contributed by atoms with van der Waals surface area (Å²) < 4.78 is 28.3. The van der Waals surface area contributed by atoms with Gasteiger partial charge in [0, 0.05) is 26.6 Å². The molecule has 0 saturated carbocycles. The van der Waals surface area contributed by atoms with Crippen LogP contribution in [0.3, 0.4) is 0 Å². The van der Waals surface area contributed by atoms with Crippen molar-refractivity contribution in [1.29, 1.82) is 0 Å². The quantitative estimate of drug-likeness (QED) is 0.821. The highest BCUT2D eigenvalue weighted by Crippen LogP contribution is 2.22. The molecule has 1 fully saturated rings. The average molecular weight is 391 g/mol. The lowest BCUT2D eigenvalue weighted by atomic mass is 10.1. The summed E-state index contributed by atoms with van der Waals surface area (Å²) in [5, 5.41) is 7.21. The maximum absolute atomic E-state index is 12.5. The standard InChI is InChI=1S/C19H26N4O3S/c1-14-19(15(2)22(3)21-14)20-18(24)11-8-16-6-9-17(10-7-16)27(25,26)23-12-4-5-13-23/h6-7,9-10H,4-5,8,11-13H2,1-3H3,(H,20,24). The molecule has 0 radical (unpaired) electrons. The number of nitrogens with zero attached hydrogens (tertiary/aromatic N) is 3. The zero-order valence-electron chi connectivity index (χ0n) is 16.0. The van der Waals surface area contributed by atoms with E-state index in [0.29, 0.717) is 30.8 Å². The SMILES string of the molecule is Cc1nn(C)c(C)c1NC(=O)CCc1ccc(S(=O)(=O)N2CCCC2)cc1. The van der Waals surface area contributed by atoms with Crippen LogP contribution in [0.1, 0.15) is 36.2 Å². The molecule has 0 spiro atoms. The van der Waals surface area contributed by atoms with Crippen molar-refractivity contribution in [3.05, 3.63) is 41.2 Å². The first-order valence-corrected chi connectivity index (χ1v) is 10.6. The van der Waals surface area contributed by atoms with Gasteiger partial charge >= 0.3 is 0 Å². The number of benzene rings is 1. The smallest absolute Gasteiger partial charge is 0.243 e. The summed E-state index contributed by atoms with van der Waals surface area (Å²) in [4.78, 5) is 12.6. The molecule has 7 nitrogen and oxygen atoms in total. The number of rotatable bonds is 6. The first-order chi connectivity index (χ1) is 12.8. The predicted octanol–water partition coefficient (Wildman–Crippen LogP) is 2.39. The van der Waals surface area contributed by atoms with Gasteiger partial charge in [0.2, 0.25) is 15.9 Å². The molecule has 1 saturated heterocycles. The molecule has 0 atom stereocenters. The fraction of sp³-hybridized carbons (Fsp3) is 0.474. The van der Waals surface area contributed by atoms with E-state index in [1.54, 1.807) is 28.9 Å². The minimum absolute atomic E-state index is 0.0806. The van der Waals surface area contributed by atoms with E-state index in [9.17, 15) is 13.2 Å². The maximum Gasteiger partial charge on any atom is 0.243 e. The second kappa shape index (κ2) is 7.82. The van der Waals surface area contributed by atoms with Crippen LogP contribution in [0.2, 0.25) is 0 Å². The zero-order valence-corrected chi connectivity index (χ0v) is 16.8. The largest absolute Gasteiger partial charge is 0.323 e. The van der Waals surface area contributed by atoms with E-state index >= 15 is 0 Å². The summed E-state index contributed by atoms with van der Waals surface area (Å²) in [6.45, 7) is 4.96. The van der Waals surface area contributed by atoms with Crippen LogP contribution in [0.4, 0.5) is 5.69 Å². The Kier molecular flexibility index (Phi) is 5.67. The molecule has 1 aromatic carbocycles. The predicted molar refractivity (Wildman–Crippen MR) is 104 cm³/mol. The molecule has 146 valence electrons. The summed E-state index contributed by atoms with van der Waals surface area (Å²) in [5.41, 5.74) is 3.40. The number of sulfonamides is 1. The molecule has 2 aromatic rings. The molecule has 0 aliphatic carbocycles. The van der Waals surface area contributed by atoms with Gasteiger partial charge in [-0.3, -0.25) is 9.48 Å². The summed E-state index contributed by atoms with van der Waals surface area (Å²) >= 11 is 0. The lowest BCUT2D eigenvalue weighted by Crippen LogP contribution is -2.27. The van der Waals surface area contributed by atoms with Crippen LogP contribution in [0.15, 0.2) is 29.2 Å². The van der Waals surface area contributed by atoms with Crippen LogP contribution in [0.25, 0.3) is 0 Å². The molecule has 1 aliphatic heterocycles. The van der Waals surface area contributed by atoms with Crippen molar-refractivity contribution in [3.8, 4) is 0 Å². The number of anilines is 1. The first kappa shape index (κ1) is 19.6. The van der Waals surface area contributed by atoms with E-state index in [-0.39, 0.29) is 5.91 Å². The van der Waals surface area contributed by atoms with Crippen LogP contribution in [0.5, 0.6) is 0 Å². The Balaban J connectivity index is 1.59. The molecular formula is C19H26N4O3S. The van der Waals surface area contributed by atoms with Crippen LogP contribution in [-0.4, -0.2) is 41.5 Å². The van der Waals surface area contributed by atoms with Gasteiger partial charge in [-0.25, -0.2) is 8.42 Å². The summed E-state index contributed by atoms with van der Waals surface area (Å²) in [6.07, 6.45) is 2.71. The Hall–Kier alpha value is -2.19. The Bertz CT molecular complexity index is 927. The third-order valence-corrected chi connectivity index (χ3v) is 6.95.